The van der Waals surface area contributed by atoms with Gasteiger partial charge in [-0.05, 0) is 45.3 Å². The molecule has 1 saturated heterocycles. The predicted octanol–water partition coefficient (Wildman–Crippen LogP) is 1.50. The highest BCUT2D eigenvalue weighted by atomic mass is 16.7. The molecule has 0 spiro atoms. The highest BCUT2D eigenvalue weighted by Gasteiger charge is 2.51. The van der Waals surface area contributed by atoms with Gasteiger partial charge in [-0.25, -0.2) is 0 Å². The molecule has 1 N–H and O–H groups in total. The molecule has 5 heteroatoms. The van der Waals surface area contributed by atoms with E-state index in [1.807, 2.05) is 27.7 Å². The predicted molar refractivity (Wildman–Crippen MR) is 69.2 cm³/mol. The molecule has 1 aromatic carbocycles. The Balaban J connectivity index is 2.32. The molecule has 0 bridgehead atoms. The smallest absolute Gasteiger partial charge is 0.494 e. The van der Waals surface area contributed by atoms with Crippen molar-refractivity contribution in [2.24, 2.45) is 0 Å². The van der Waals surface area contributed by atoms with Gasteiger partial charge in [-0.3, -0.25) is 4.79 Å². The minimum absolute atomic E-state index is 0.0368. The van der Waals surface area contributed by atoms with Gasteiger partial charge in [-0.15, -0.1) is 0 Å². The third kappa shape index (κ3) is 2.04. The Kier molecular flexibility index (Phi) is 2.99. The minimum atomic E-state index is -0.519. The number of hydrogen-bond donors (Lipinski definition) is 1. The molecular weight excluding hydrogens is 231 g/mol. The lowest BCUT2D eigenvalue weighted by atomic mass is 9.78. The molecule has 1 aromatic rings. The Morgan fingerprint density at radius 1 is 1.17 bits per heavy atom. The molecule has 2 rings (SSSR count). The van der Waals surface area contributed by atoms with E-state index in [-0.39, 0.29) is 11.3 Å². The molecule has 1 fully saturated rings. The molecule has 1 heterocycles. The zero-order chi connectivity index (χ0) is 13.6. The van der Waals surface area contributed by atoms with E-state index in [1.54, 1.807) is 12.1 Å². The summed E-state index contributed by atoms with van der Waals surface area (Å²) in [5.74, 6) is -0.0368. The summed E-state index contributed by atoms with van der Waals surface area (Å²) in [6, 6.07) is 4.76. The minimum Gasteiger partial charge on any atom is -0.507 e. The van der Waals surface area contributed by atoms with Gasteiger partial charge in [0, 0.05) is 0 Å². The average molecular weight is 248 g/mol. The second-order valence-corrected chi connectivity index (χ2v) is 5.52. The largest absolute Gasteiger partial charge is 0.507 e. The number of carbonyl (C=O) groups is 1. The SMILES string of the molecule is CC1(C)OB(c2ccc(O)c(C=O)c2)OC1(C)C. The van der Waals surface area contributed by atoms with Gasteiger partial charge < -0.3 is 14.4 Å². The van der Waals surface area contributed by atoms with E-state index in [0.29, 0.717) is 6.29 Å². The first kappa shape index (κ1) is 13.1. The number of benzene rings is 1. The van der Waals surface area contributed by atoms with E-state index in [2.05, 4.69) is 0 Å². The van der Waals surface area contributed by atoms with Crippen LogP contribution in [0.15, 0.2) is 18.2 Å². The van der Waals surface area contributed by atoms with E-state index in [9.17, 15) is 9.90 Å². The fourth-order valence-corrected chi connectivity index (χ4v) is 1.79. The van der Waals surface area contributed by atoms with Crippen LogP contribution in [0.2, 0.25) is 0 Å². The lowest BCUT2D eigenvalue weighted by Gasteiger charge is -2.32. The highest BCUT2D eigenvalue weighted by Crippen LogP contribution is 2.36. The lowest BCUT2D eigenvalue weighted by molar-refractivity contribution is 0.00578. The molecule has 1 aliphatic rings. The van der Waals surface area contributed by atoms with Crippen LogP contribution in [-0.4, -0.2) is 29.7 Å². The number of phenolic OH excluding ortho intramolecular Hbond substituents is 1. The first-order valence-electron chi connectivity index (χ1n) is 5.90. The van der Waals surface area contributed by atoms with Crippen molar-refractivity contribution in [2.75, 3.05) is 0 Å². The lowest BCUT2D eigenvalue weighted by Crippen LogP contribution is -2.41. The highest BCUT2D eigenvalue weighted by molar-refractivity contribution is 6.62. The van der Waals surface area contributed by atoms with Crippen LogP contribution in [0.1, 0.15) is 38.1 Å². The molecule has 96 valence electrons. The zero-order valence-electron chi connectivity index (χ0n) is 11.1. The third-order valence-electron chi connectivity index (χ3n) is 3.70. The third-order valence-corrected chi connectivity index (χ3v) is 3.70. The van der Waals surface area contributed by atoms with Crippen molar-refractivity contribution in [1.82, 2.24) is 0 Å². The molecule has 18 heavy (non-hydrogen) atoms. The number of aldehydes is 1. The van der Waals surface area contributed by atoms with Crippen LogP contribution in [0.4, 0.5) is 0 Å². The molecule has 4 nitrogen and oxygen atoms in total. The van der Waals surface area contributed by atoms with Crippen molar-refractivity contribution < 1.29 is 19.2 Å². The maximum absolute atomic E-state index is 10.8. The summed E-state index contributed by atoms with van der Waals surface area (Å²) in [5.41, 5.74) is 0.129. The average Bonchev–Trinajstić information content (AvgIpc) is 2.49. The van der Waals surface area contributed by atoms with Gasteiger partial charge in [0.1, 0.15) is 5.75 Å². The van der Waals surface area contributed by atoms with Crippen molar-refractivity contribution in [1.29, 1.82) is 0 Å². The molecule has 0 atom stereocenters. The summed E-state index contributed by atoms with van der Waals surface area (Å²) in [7, 11) is -0.519. The van der Waals surface area contributed by atoms with Crippen LogP contribution in [0.25, 0.3) is 0 Å². The monoisotopic (exact) mass is 248 g/mol. The maximum atomic E-state index is 10.8. The molecule has 1 aliphatic heterocycles. The molecule has 0 saturated carbocycles. The fraction of sp³-hybridized carbons (Fsp3) is 0.462. The summed E-state index contributed by atoms with van der Waals surface area (Å²) < 4.78 is 11.7. The first-order chi connectivity index (χ1) is 8.27. The van der Waals surface area contributed by atoms with Gasteiger partial charge in [0.05, 0.1) is 16.8 Å². The van der Waals surface area contributed by atoms with Crippen molar-refractivity contribution in [3.63, 3.8) is 0 Å². The Morgan fingerprint density at radius 2 is 1.72 bits per heavy atom. The Labute approximate surface area is 107 Å². The Morgan fingerprint density at radius 3 is 2.22 bits per heavy atom. The summed E-state index contributed by atoms with van der Waals surface area (Å²) in [4.78, 5) is 10.8. The van der Waals surface area contributed by atoms with Crippen LogP contribution in [-0.2, 0) is 9.31 Å². The molecule has 0 amide bonds. The molecule has 0 aromatic heterocycles. The summed E-state index contributed by atoms with van der Waals surface area (Å²) in [6.07, 6.45) is 0.615. The van der Waals surface area contributed by atoms with Crippen LogP contribution in [0, 0.1) is 0 Å². The van der Waals surface area contributed by atoms with Crippen LogP contribution >= 0.6 is 0 Å². The fourth-order valence-electron chi connectivity index (χ4n) is 1.79. The van der Waals surface area contributed by atoms with Crippen LogP contribution < -0.4 is 5.46 Å². The number of rotatable bonds is 2. The first-order valence-corrected chi connectivity index (χ1v) is 5.90. The van der Waals surface area contributed by atoms with Crippen molar-refractivity contribution in [2.45, 2.75) is 38.9 Å². The second kappa shape index (κ2) is 4.11. The van der Waals surface area contributed by atoms with E-state index in [0.717, 1.165) is 5.46 Å². The van der Waals surface area contributed by atoms with E-state index in [4.69, 9.17) is 9.31 Å². The Hall–Kier alpha value is -1.33. The summed E-state index contributed by atoms with van der Waals surface area (Å²) in [5, 5.41) is 9.47. The quantitative estimate of drug-likeness (QED) is 0.636. The molecular formula is C13H17BO4. The van der Waals surface area contributed by atoms with E-state index in [1.165, 1.54) is 6.07 Å². The molecule has 0 radical (unpaired) electrons. The molecule has 0 aliphatic carbocycles. The summed E-state index contributed by atoms with van der Waals surface area (Å²) >= 11 is 0. The number of hydrogen-bond acceptors (Lipinski definition) is 4. The maximum Gasteiger partial charge on any atom is 0.494 e. The van der Waals surface area contributed by atoms with Crippen LogP contribution in [0.5, 0.6) is 5.75 Å². The van der Waals surface area contributed by atoms with Gasteiger partial charge in [0.25, 0.3) is 0 Å². The van der Waals surface area contributed by atoms with E-state index < -0.39 is 18.3 Å². The number of aromatic hydroxyl groups is 1. The molecule has 0 unspecified atom stereocenters. The van der Waals surface area contributed by atoms with Gasteiger partial charge in [-0.1, -0.05) is 6.07 Å². The topological polar surface area (TPSA) is 55.8 Å². The Bertz CT molecular complexity index is 466. The van der Waals surface area contributed by atoms with Gasteiger partial charge in [-0.2, -0.15) is 0 Å². The zero-order valence-corrected chi connectivity index (χ0v) is 11.1. The van der Waals surface area contributed by atoms with Gasteiger partial charge in [0.15, 0.2) is 6.29 Å². The number of phenols is 1. The second-order valence-electron chi connectivity index (χ2n) is 5.52. The van der Waals surface area contributed by atoms with Crippen molar-refractivity contribution in [3.8, 4) is 5.75 Å². The standard InChI is InChI=1S/C13H17BO4/c1-12(2)13(3,4)18-14(17-12)10-5-6-11(16)9(7-10)8-15/h5-8,16H,1-4H3. The van der Waals surface area contributed by atoms with Crippen molar-refractivity contribution in [3.05, 3.63) is 23.8 Å². The van der Waals surface area contributed by atoms with Crippen molar-refractivity contribution >= 4 is 18.9 Å². The van der Waals surface area contributed by atoms with Gasteiger partial charge >= 0.3 is 7.12 Å². The number of carbonyl (C=O) groups excluding carboxylic acids is 1. The van der Waals surface area contributed by atoms with Gasteiger partial charge in [0.2, 0.25) is 0 Å². The summed E-state index contributed by atoms with van der Waals surface area (Å²) in [6.45, 7) is 7.87. The van der Waals surface area contributed by atoms with Crippen LogP contribution in [0.3, 0.4) is 0 Å². The van der Waals surface area contributed by atoms with E-state index >= 15 is 0 Å². The normalized spacial score (nSPS) is 21.0.